The van der Waals surface area contributed by atoms with Gasteiger partial charge in [0.2, 0.25) is 0 Å². The zero-order chi connectivity index (χ0) is 25.1. The van der Waals surface area contributed by atoms with Crippen molar-refractivity contribution in [1.29, 1.82) is 0 Å². The van der Waals surface area contributed by atoms with Gasteiger partial charge in [-0.2, -0.15) is 0 Å². The lowest BCUT2D eigenvalue weighted by atomic mass is 10.1. The second-order valence-electron chi connectivity index (χ2n) is 9.19. The molecule has 7 nitrogen and oxygen atoms in total. The predicted molar refractivity (Wildman–Crippen MR) is 137 cm³/mol. The van der Waals surface area contributed by atoms with Gasteiger partial charge >= 0.3 is 0 Å². The molecule has 2 N–H and O–H groups in total. The third-order valence-corrected chi connectivity index (χ3v) is 5.72. The maximum absolute atomic E-state index is 9.86. The molecule has 3 unspecified atom stereocenters. The normalized spacial score (nSPS) is 14.4. The molecule has 34 heavy (non-hydrogen) atoms. The number of hydrogen-bond donors (Lipinski definition) is 2. The van der Waals surface area contributed by atoms with Gasteiger partial charge in [-0.3, -0.25) is 0 Å². The number of ether oxygens (including phenoxy) is 5. The van der Waals surface area contributed by atoms with Crippen molar-refractivity contribution in [3.05, 3.63) is 0 Å². The van der Waals surface area contributed by atoms with E-state index in [0.29, 0.717) is 52.5 Å². The van der Waals surface area contributed by atoms with Crippen molar-refractivity contribution in [1.82, 2.24) is 0 Å². The summed E-state index contributed by atoms with van der Waals surface area (Å²) in [4.78, 5) is 0. The second kappa shape index (κ2) is 27.3. The van der Waals surface area contributed by atoms with Crippen LogP contribution in [0.1, 0.15) is 97.8 Å². The molecule has 0 aromatic rings. The van der Waals surface area contributed by atoms with Gasteiger partial charge in [-0.25, -0.2) is 0 Å². The van der Waals surface area contributed by atoms with Gasteiger partial charge in [-0.15, -0.1) is 0 Å². The van der Waals surface area contributed by atoms with Crippen LogP contribution < -0.4 is 0 Å². The minimum absolute atomic E-state index is 0.0851. The number of hydrogen-bond acceptors (Lipinski definition) is 7. The van der Waals surface area contributed by atoms with E-state index in [4.69, 9.17) is 23.7 Å². The summed E-state index contributed by atoms with van der Waals surface area (Å²) in [6.07, 6.45) is 13.6. The van der Waals surface area contributed by atoms with Crippen molar-refractivity contribution in [2.24, 2.45) is 0 Å². The van der Waals surface area contributed by atoms with Crippen LogP contribution in [-0.2, 0) is 23.7 Å². The van der Waals surface area contributed by atoms with E-state index >= 15 is 0 Å². The van der Waals surface area contributed by atoms with Crippen LogP contribution in [0.3, 0.4) is 0 Å². The van der Waals surface area contributed by atoms with E-state index < -0.39 is 6.10 Å². The van der Waals surface area contributed by atoms with E-state index in [9.17, 15) is 10.2 Å². The van der Waals surface area contributed by atoms with Gasteiger partial charge in [0.1, 0.15) is 6.10 Å². The second-order valence-corrected chi connectivity index (χ2v) is 9.19. The van der Waals surface area contributed by atoms with Crippen LogP contribution in [0.2, 0.25) is 0 Å². The maximum atomic E-state index is 9.86. The molecule has 0 aliphatic heterocycles. The Labute approximate surface area is 209 Å². The third kappa shape index (κ3) is 26.3. The molecule has 7 heteroatoms. The lowest BCUT2D eigenvalue weighted by molar-refractivity contribution is -0.0590. The first-order valence-electron chi connectivity index (χ1n) is 13.9. The van der Waals surface area contributed by atoms with E-state index in [1.807, 2.05) is 13.8 Å². The fraction of sp³-hybridized carbons (Fsp3) is 1.00. The molecule has 0 saturated carbocycles. The molecule has 0 amide bonds. The molecule has 0 aliphatic rings. The molecule has 206 valence electrons. The smallest absolute Gasteiger partial charge is 0.101 e. The standard InChI is InChI=1S/C27H56O7/c1-4-6-7-8-9-10-11-12-13-14-15-30-16-17-31-18-19-32-20-21-33-23-27(29)24-34-25(3)22-26(28)5-2/h25-29H,4-24H2,1-3H3. The molecule has 0 rings (SSSR count). The molecular weight excluding hydrogens is 436 g/mol. The fourth-order valence-corrected chi connectivity index (χ4v) is 3.51. The fourth-order valence-electron chi connectivity index (χ4n) is 3.51. The van der Waals surface area contributed by atoms with Crippen molar-refractivity contribution in [3.63, 3.8) is 0 Å². The summed E-state index contributed by atoms with van der Waals surface area (Å²) in [6.45, 7) is 10.5. The van der Waals surface area contributed by atoms with Crippen molar-refractivity contribution in [2.75, 3.05) is 59.5 Å². The van der Waals surface area contributed by atoms with Crippen LogP contribution in [-0.4, -0.2) is 88.0 Å². The first-order chi connectivity index (χ1) is 16.6. The predicted octanol–water partition coefficient (Wildman–Crippen LogP) is 4.90. The molecule has 0 radical (unpaired) electrons. The highest BCUT2D eigenvalue weighted by Crippen LogP contribution is 2.10. The zero-order valence-electron chi connectivity index (χ0n) is 22.5. The van der Waals surface area contributed by atoms with E-state index in [-0.39, 0.29) is 25.4 Å². The molecule has 0 bridgehead atoms. The quantitative estimate of drug-likeness (QED) is 0.150. The Balaban J connectivity index is 3.18. The van der Waals surface area contributed by atoms with Crippen molar-refractivity contribution < 1.29 is 33.9 Å². The van der Waals surface area contributed by atoms with Gasteiger partial charge < -0.3 is 33.9 Å². The van der Waals surface area contributed by atoms with Crippen LogP contribution in [0.4, 0.5) is 0 Å². The van der Waals surface area contributed by atoms with Gasteiger partial charge in [-0.05, 0) is 26.2 Å². The topological polar surface area (TPSA) is 86.6 Å². The zero-order valence-corrected chi connectivity index (χ0v) is 22.5. The average molecular weight is 493 g/mol. The molecule has 0 fully saturated rings. The van der Waals surface area contributed by atoms with Crippen LogP contribution in [0.25, 0.3) is 0 Å². The molecule has 3 atom stereocenters. The summed E-state index contributed by atoms with van der Waals surface area (Å²) in [7, 11) is 0. The Bertz CT molecular complexity index is 384. The van der Waals surface area contributed by atoms with Gasteiger partial charge in [-0.1, -0.05) is 71.6 Å². The summed E-state index contributed by atoms with van der Waals surface area (Å²) in [5, 5.41) is 19.4. The number of aliphatic hydroxyl groups is 2. The Morgan fingerprint density at radius 2 is 1.00 bits per heavy atom. The van der Waals surface area contributed by atoms with Gasteiger partial charge in [0, 0.05) is 6.61 Å². The molecular formula is C27H56O7. The lowest BCUT2D eigenvalue weighted by Crippen LogP contribution is -2.27. The average Bonchev–Trinajstić information content (AvgIpc) is 2.83. The first kappa shape index (κ1) is 33.7. The van der Waals surface area contributed by atoms with Gasteiger partial charge in [0.05, 0.1) is 65.1 Å². The summed E-state index contributed by atoms with van der Waals surface area (Å²) >= 11 is 0. The van der Waals surface area contributed by atoms with Gasteiger partial charge in [0.25, 0.3) is 0 Å². The van der Waals surface area contributed by atoms with E-state index in [0.717, 1.165) is 13.0 Å². The monoisotopic (exact) mass is 492 g/mol. The molecule has 0 aromatic heterocycles. The minimum atomic E-state index is -0.676. The summed E-state index contributed by atoms with van der Waals surface area (Å²) in [6, 6.07) is 0. The molecule has 0 saturated heterocycles. The summed E-state index contributed by atoms with van der Waals surface area (Å²) < 4.78 is 27.5. The molecule has 0 aromatic carbocycles. The highest BCUT2D eigenvalue weighted by molar-refractivity contribution is 4.61. The van der Waals surface area contributed by atoms with Gasteiger partial charge in [0.15, 0.2) is 0 Å². The van der Waals surface area contributed by atoms with Crippen LogP contribution in [0.5, 0.6) is 0 Å². The maximum Gasteiger partial charge on any atom is 0.101 e. The van der Waals surface area contributed by atoms with Crippen molar-refractivity contribution in [3.8, 4) is 0 Å². The highest BCUT2D eigenvalue weighted by atomic mass is 16.6. The largest absolute Gasteiger partial charge is 0.393 e. The Kier molecular flexibility index (Phi) is 27.1. The van der Waals surface area contributed by atoms with Crippen LogP contribution >= 0.6 is 0 Å². The third-order valence-electron chi connectivity index (χ3n) is 5.72. The number of unbranched alkanes of at least 4 members (excludes halogenated alkanes) is 9. The van der Waals surface area contributed by atoms with E-state index in [1.54, 1.807) is 0 Å². The lowest BCUT2D eigenvalue weighted by Gasteiger charge is -2.18. The minimum Gasteiger partial charge on any atom is -0.393 e. The molecule has 0 aliphatic carbocycles. The highest BCUT2D eigenvalue weighted by Gasteiger charge is 2.11. The Morgan fingerprint density at radius 3 is 1.53 bits per heavy atom. The Morgan fingerprint density at radius 1 is 0.529 bits per heavy atom. The van der Waals surface area contributed by atoms with Crippen LogP contribution in [0, 0.1) is 0 Å². The SMILES string of the molecule is CCCCCCCCCCCCOCCOCCOCCOCC(O)COC(C)CC(O)CC. The van der Waals surface area contributed by atoms with Crippen LogP contribution in [0.15, 0.2) is 0 Å². The van der Waals surface area contributed by atoms with Crippen molar-refractivity contribution >= 4 is 0 Å². The number of rotatable bonds is 28. The van der Waals surface area contributed by atoms with Crippen molar-refractivity contribution in [2.45, 2.75) is 116 Å². The molecule has 0 heterocycles. The summed E-state index contributed by atoms with van der Waals surface area (Å²) in [5.41, 5.74) is 0. The number of aliphatic hydroxyl groups excluding tert-OH is 2. The van der Waals surface area contributed by atoms with E-state index in [1.165, 1.54) is 57.8 Å². The molecule has 0 spiro atoms. The first-order valence-corrected chi connectivity index (χ1v) is 13.9. The van der Waals surface area contributed by atoms with E-state index in [2.05, 4.69) is 6.92 Å². The summed E-state index contributed by atoms with van der Waals surface area (Å²) in [5.74, 6) is 0. The Hall–Kier alpha value is -0.280.